The van der Waals surface area contributed by atoms with E-state index in [-0.39, 0.29) is 0 Å². The van der Waals surface area contributed by atoms with Crippen LogP contribution in [0.25, 0.3) is 74.8 Å². The molecule has 4 aromatic heterocycles. The van der Waals surface area contributed by atoms with Gasteiger partial charge < -0.3 is 8.83 Å². The van der Waals surface area contributed by atoms with Gasteiger partial charge in [-0.3, -0.25) is 4.90 Å². The fourth-order valence-electron chi connectivity index (χ4n) is 6.70. The van der Waals surface area contributed by atoms with Crippen LogP contribution in [0.2, 0.25) is 0 Å². The second kappa shape index (κ2) is 8.93. The van der Waals surface area contributed by atoms with Crippen LogP contribution < -0.4 is 4.90 Å². The molecule has 206 valence electrons. The summed E-state index contributed by atoms with van der Waals surface area (Å²) in [5, 5.41) is 9.22. The van der Waals surface area contributed by atoms with Gasteiger partial charge in [0.2, 0.25) is 0 Å². The molecule has 0 radical (unpaired) electrons. The lowest BCUT2D eigenvalue weighted by Crippen LogP contribution is -2.11. The Morgan fingerprint density at radius 2 is 1.14 bits per heavy atom. The first-order valence-corrected chi connectivity index (χ1v) is 15.4. The third-order valence-corrected chi connectivity index (χ3v) is 9.91. The van der Waals surface area contributed by atoms with Gasteiger partial charge in [-0.2, -0.15) is 0 Å². The Bertz CT molecular complexity index is 2750. The molecule has 6 aromatic carbocycles. The topological polar surface area (TPSA) is 42.4 Å². The number of benzene rings is 6. The first-order chi connectivity index (χ1) is 21.8. The minimum Gasteiger partial charge on any atom is -0.456 e. The molecule has 0 atom stereocenters. The number of aromatic nitrogens is 1. The number of fused-ring (bicyclic) bond motifs is 11. The molecule has 0 unspecified atom stereocenters. The maximum Gasteiger partial charge on any atom is 0.146 e. The van der Waals surface area contributed by atoms with Crippen LogP contribution in [0.3, 0.4) is 0 Å². The Morgan fingerprint density at radius 1 is 0.500 bits per heavy atom. The highest BCUT2D eigenvalue weighted by Gasteiger charge is 2.22. The van der Waals surface area contributed by atoms with E-state index < -0.39 is 0 Å². The number of thiophene rings is 1. The largest absolute Gasteiger partial charge is 0.456 e. The minimum atomic E-state index is 0.844. The van der Waals surface area contributed by atoms with Crippen molar-refractivity contribution >= 4 is 103 Å². The Kier molecular flexibility index (Phi) is 4.84. The van der Waals surface area contributed by atoms with Crippen molar-refractivity contribution in [2.24, 2.45) is 0 Å². The van der Waals surface area contributed by atoms with Gasteiger partial charge in [0.05, 0.1) is 5.69 Å². The summed E-state index contributed by atoms with van der Waals surface area (Å²) in [5.74, 6) is 0.881. The van der Waals surface area contributed by atoms with Crippen molar-refractivity contribution in [3.8, 4) is 0 Å². The number of pyridine rings is 1. The van der Waals surface area contributed by atoms with Crippen LogP contribution in [0.4, 0.5) is 17.2 Å². The fourth-order valence-corrected chi connectivity index (χ4v) is 7.93. The summed E-state index contributed by atoms with van der Waals surface area (Å²) in [5.41, 5.74) is 5.45. The van der Waals surface area contributed by atoms with Crippen molar-refractivity contribution in [3.05, 3.63) is 134 Å². The molecule has 4 heterocycles. The van der Waals surface area contributed by atoms with Crippen molar-refractivity contribution in [2.75, 3.05) is 4.90 Å². The van der Waals surface area contributed by atoms with E-state index in [1.54, 1.807) is 0 Å². The monoisotopic (exact) mass is 582 g/mol. The van der Waals surface area contributed by atoms with Crippen LogP contribution in [-0.2, 0) is 0 Å². The van der Waals surface area contributed by atoms with Crippen LogP contribution in [0.15, 0.2) is 142 Å². The molecule has 0 spiro atoms. The van der Waals surface area contributed by atoms with Gasteiger partial charge in [-0.15, -0.1) is 11.3 Å². The molecule has 4 nitrogen and oxygen atoms in total. The number of hydrogen-bond donors (Lipinski definition) is 0. The zero-order chi connectivity index (χ0) is 28.8. The molecule has 44 heavy (non-hydrogen) atoms. The Balaban J connectivity index is 1.29. The van der Waals surface area contributed by atoms with Crippen LogP contribution in [-0.4, -0.2) is 4.98 Å². The summed E-state index contributed by atoms with van der Waals surface area (Å²) in [4.78, 5) is 7.36. The lowest BCUT2D eigenvalue weighted by atomic mass is 10.1. The predicted molar refractivity (Wildman–Crippen MR) is 184 cm³/mol. The maximum atomic E-state index is 6.36. The van der Waals surface area contributed by atoms with Crippen LogP contribution in [0.5, 0.6) is 0 Å². The van der Waals surface area contributed by atoms with E-state index in [0.717, 1.165) is 66.5 Å². The average Bonchev–Trinajstić information content (AvgIpc) is 3.76. The second-order valence-corrected chi connectivity index (χ2v) is 12.2. The van der Waals surface area contributed by atoms with Crippen LogP contribution >= 0.6 is 11.3 Å². The molecule has 0 bridgehead atoms. The molecule has 0 saturated carbocycles. The Morgan fingerprint density at radius 3 is 2.00 bits per heavy atom. The number of hydrogen-bond acceptors (Lipinski definition) is 5. The van der Waals surface area contributed by atoms with Crippen LogP contribution in [0.1, 0.15) is 0 Å². The first kappa shape index (κ1) is 23.9. The smallest absolute Gasteiger partial charge is 0.146 e. The summed E-state index contributed by atoms with van der Waals surface area (Å²) in [6.07, 6.45) is 1.92. The van der Waals surface area contributed by atoms with Crippen molar-refractivity contribution < 1.29 is 8.83 Å². The van der Waals surface area contributed by atoms with E-state index in [1.165, 1.54) is 25.6 Å². The standard InChI is InChI=1S/C39H22N2O2S/c1-2-8-26-23(7-1)13-16-30-37-36(44-38(26)30)19-20-40-39(37)41(24-15-18-34-31(21-24)28-10-4-6-12-33(28)42-34)25-14-17-29-27-9-3-5-11-32(27)43-35(29)22-25/h1-22H. The molecule has 0 aliphatic rings. The molecule has 0 saturated heterocycles. The summed E-state index contributed by atoms with van der Waals surface area (Å²) in [7, 11) is 0. The molecular weight excluding hydrogens is 561 g/mol. The summed E-state index contributed by atoms with van der Waals surface area (Å²) >= 11 is 1.82. The van der Waals surface area contributed by atoms with Gasteiger partial charge in [0, 0.05) is 59.7 Å². The Labute approximate surface area is 255 Å². The zero-order valence-corrected chi connectivity index (χ0v) is 24.1. The fraction of sp³-hybridized carbons (Fsp3) is 0. The highest BCUT2D eigenvalue weighted by molar-refractivity contribution is 7.26. The normalized spacial score (nSPS) is 12.1. The second-order valence-electron chi connectivity index (χ2n) is 11.2. The van der Waals surface area contributed by atoms with Gasteiger partial charge in [0.25, 0.3) is 0 Å². The number of nitrogens with zero attached hydrogens (tertiary/aromatic N) is 2. The molecule has 5 heteroatoms. The highest BCUT2D eigenvalue weighted by Crippen LogP contribution is 2.47. The molecule has 0 aliphatic heterocycles. The van der Waals surface area contributed by atoms with Gasteiger partial charge in [-0.25, -0.2) is 4.98 Å². The molecule has 0 amide bonds. The lowest BCUT2D eigenvalue weighted by molar-refractivity contribution is 0.668. The lowest BCUT2D eigenvalue weighted by Gasteiger charge is -2.25. The number of anilines is 3. The first-order valence-electron chi connectivity index (χ1n) is 14.6. The van der Waals surface area contributed by atoms with Crippen molar-refractivity contribution in [2.45, 2.75) is 0 Å². The van der Waals surface area contributed by atoms with Gasteiger partial charge in [0.15, 0.2) is 0 Å². The van der Waals surface area contributed by atoms with E-state index in [2.05, 4.69) is 108 Å². The maximum absolute atomic E-state index is 6.36. The minimum absolute atomic E-state index is 0.844. The van der Waals surface area contributed by atoms with Gasteiger partial charge in [-0.1, -0.05) is 72.8 Å². The quantitative estimate of drug-likeness (QED) is 0.208. The van der Waals surface area contributed by atoms with E-state index >= 15 is 0 Å². The van der Waals surface area contributed by atoms with E-state index in [0.29, 0.717) is 0 Å². The molecule has 10 rings (SSSR count). The number of rotatable bonds is 3. The molecule has 0 fully saturated rings. The predicted octanol–water partition coefficient (Wildman–Crippen LogP) is 11.9. The summed E-state index contributed by atoms with van der Waals surface area (Å²) < 4.78 is 15.0. The third-order valence-electron chi connectivity index (χ3n) is 8.70. The Hall–Kier alpha value is -5.65. The van der Waals surface area contributed by atoms with Gasteiger partial charge in [0.1, 0.15) is 28.1 Å². The van der Waals surface area contributed by atoms with Crippen molar-refractivity contribution in [3.63, 3.8) is 0 Å². The molecule has 10 aromatic rings. The molecule has 0 N–H and O–H groups in total. The van der Waals surface area contributed by atoms with Crippen molar-refractivity contribution in [1.29, 1.82) is 0 Å². The van der Waals surface area contributed by atoms with E-state index in [4.69, 9.17) is 13.8 Å². The zero-order valence-electron chi connectivity index (χ0n) is 23.3. The van der Waals surface area contributed by atoms with Gasteiger partial charge >= 0.3 is 0 Å². The van der Waals surface area contributed by atoms with Gasteiger partial charge in [-0.05, 0) is 59.3 Å². The highest BCUT2D eigenvalue weighted by atomic mass is 32.1. The van der Waals surface area contributed by atoms with E-state index in [1.807, 2.05) is 41.8 Å². The summed E-state index contributed by atoms with van der Waals surface area (Å²) in [6, 6.07) is 44.5. The van der Waals surface area contributed by atoms with Crippen molar-refractivity contribution in [1.82, 2.24) is 4.98 Å². The summed E-state index contributed by atoms with van der Waals surface area (Å²) in [6.45, 7) is 0. The molecular formula is C39H22N2O2S. The van der Waals surface area contributed by atoms with E-state index in [9.17, 15) is 0 Å². The SMILES string of the molecule is c1ccc2c(c1)ccc1c2sc2ccnc(N(c3ccc4c(c3)oc3ccccc34)c3ccc4oc5ccccc5c4c3)c21. The number of para-hydroxylation sites is 2. The average molecular weight is 583 g/mol. The molecule has 0 aliphatic carbocycles. The third kappa shape index (κ3) is 3.36. The van der Waals surface area contributed by atoms with Crippen LogP contribution in [0, 0.1) is 0 Å². The number of furan rings is 2.